The van der Waals surface area contributed by atoms with Crippen LogP contribution >= 0.6 is 0 Å². The molecule has 20 heavy (non-hydrogen) atoms. The molecule has 1 atom stereocenters. The summed E-state index contributed by atoms with van der Waals surface area (Å²) in [4.78, 5) is 3.34. The van der Waals surface area contributed by atoms with Crippen LogP contribution in [0, 0.1) is 12.7 Å². The summed E-state index contributed by atoms with van der Waals surface area (Å²) < 4.78 is 40.4. The predicted octanol–water partition coefficient (Wildman–Crippen LogP) is 0.874. The molecular formula is C11H14FN5O2S. The summed E-state index contributed by atoms with van der Waals surface area (Å²) in [5.74, 6) is -0.525. The van der Waals surface area contributed by atoms with E-state index in [0.717, 1.165) is 12.1 Å². The highest BCUT2D eigenvalue weighted by Gasteiger charge is 2.24. The van der Waals surface area contributed by atoms with Crippen LogP contribution in [0.1, 0.15) is 24.4 Å². The maximum Gasteiger partial charge on any atom is 0.244 e. The lowest BCUT2D eigenvalue weighted by molar-refractivity contribution is 0.542. The van der Waals surface area contributed by atoms with Crippen LogP contribution in [-0.4, -0.2) is 23.6 Å². The number of halogens is 1. The molecule has 2 aromatic rings. The van der Waals surface area contributed by atoms with E-state index >= 15 is 0 Å². The first-order valence-corrected chi connectivity index (χ1v) is 7.23. The van der Waals surface area contributed by atoms with Gasteiger partial charge in [-0.3, -0.25) is 5.10 Å². The Kier molecular flexibility index (Phi) is 3.73. The highest BCUT2D eigenvalue weighted by atomic mass is 32.2. The summed E-state index contributed by atoms with van der Waals surface area (Å²) in [6.07, 6.45) is 1.25. The maximum absolute atomic E-state index is 13.8. The number of nitrogens with one attached hydrogen (secondary N) is 2. The van der Waals surface area contributed by atoms with Gasteiger partial charge in [0.15, 0.2) is 0 Å². The largest absolute Gasteiger partial charge is 0.398 e. The molecule has 0 aliphatic carbocycles. The standard InChI is InChI=1S/C11H14FN5O2S/c1-6-3-8(12)10(4-9(6)13)20(18,19)17-7(2)11-14-5-15-16-11/h3-5,7,17H,13H2,1-2H3,(H,14,15,16). The monoisotopic (exact) mass is 299 g/mol. The smallest absolute Gasteiger partial charge is 0.244 e. The summed E-state index contributed by atoms with van der Waals surface area (Å²) in [5, 5.41) is 6.16. The van der Waals surface area contributed by atoms with Gasteiger partial charge in [0.05, 0.1) is 6.04 Å². The number of sulfonamides is 1. The fraction of sp³-hybridized carbons (Fsp3) is 0.273. The second kappa shape index (κ2) is 5.17. The highest BCUT2D eigenvalue weighted by molar-refractivity contribution is 7.89. The molecule has 0 spiro atoms. The Hall–Kier alpha value is -2.00. The van der Waals surface area contributed by atoms with Crippen LogP contribution < -0.4 is 10.5 Å². The molecule has 9 heteroatoms. The molecule has 0 fully saturated rings. The van der Waals surface area contributed by atoms with E-state index in [1.54, 1.807) is 13.8 Å². The van der Waals surface area contributed by atoms with Gasteiger partial charge in [-0.05, 0) is 31.5 Å². The molecule has 1 unspecified atom stereocenters. The second-order valence-electron chi connectivity index (χ2n) is 4.35. The molecule has 7 nitrogen and oxygen atoms in total. The Morgan fingerprint density at radius 1 is 1.45 bits per heavy atom. The van der Waals surface area contributed by atoms with E-state index in [-0.39, 0.29) is 5.69 Å². The number of anilines is 1. The molecule has 0 saturated heterocycles. The van der Waals surface area contributed by atoms with Gasteiger partial charge in [-0.1, -0.05) is 0 Å². The second-order valence-corrected chi connectivity index (χ2v) is 6.04. The minimum Gasteiger partial charge on any atom is -0.398 e. The molecule has 0 amide bonds. The lowest BCUT2D eigenvalue weighted by Crippen LogP contribution is -2.28. The Labute approximate surface area is 115 Å². The Bertz CT molecular complexity index is 715. The van der Waals surface area contributed by atoms with Crippen LogP contribution in [0.15, 0.2) is 23.4 Å². The summed E-state index contributed by atoms with van der Waals surface area (Å²) in [5.41, 5.74) is 6.31. The molecule has 0 aliphatic heterocycles. The maximum atomic E-state index is 13.8. The third-order valence-electron chi connectivity index (χ3n) is 2.79. The molecule has 108 valence electrons. The first kappa shape index (κ1) is 14.4. The van der Waals surface area contributed by atoms with Crippen molar-refractivity contribution in [2.24, 2.45) is 0 Å². The van der Waals surface area contributed by atoms with Crippen LogP contribution in [0.25, 0.3) is 0 Å². The third-order valence-corrected chi connectivity index (χ3v) is 4.34. The van der Waals surface area contributed by atoms with Crippen molar-refractivity contribution in [2.75, 3.05) is 5.73 Å². The fourth-order valence-corrected chi connectivity index (χ4v) is 2.95. The normalized spacial score (nSPS) is 13.3. The number of H-pyrrole nitrogens is 1. The number of benzene rings is 1. The summed E-state index contributed by atoms with van der Waals surface area (Å²) >= 11 is 0. The minimum absolute atomic E-state index is 0.207. The summed E-state index contributed by atoms with van der Waals surface area (Å²) in [6, 6.07) is 1.51. The van der Waals surface area contributed by atoms with E-state index in [1.807, 2.05) is 0 Å². The van der Waals surface area contributed by atoms with E-state index in [4.69, 9.17) is 5.73 Å². The molecule has 0 saturated carbocycles. The number of nitrogen functional groups attached to an aromatic ring is 1. The Morgan fingerprint density at radius 3 is 2.75 bits per heavy atom. The summed E-state index contributed by atoms with van der Waals surface area (Å²) in [6.45, 7) is 3.16. The van der Waals surface area contributed by atoms with Crippen LogP contribution in [-0.2, 0) is 10.0 Å². The van der Waals surface area contributed by atoms with Crippen molar-refractivity contribution in [1.82, 2.24) is 19.9 Å². The van der Waals surface area contributed by atoms with Crippen molar-refractivity contribution < 1.29 is 12.8 Å². The lowest BCUT2D eigenvalue weighted by atomic mass is 10.2. The average molecular weight is 299 g/mol. The van der Waals surface area contributed by atoms with E-state index < -0.39 is 26.8 Å². The van der Waals surface area contributed by atoms with E-state index in [2.05, 4.69) is 19.9 Å². The number of aromatic amines is 1. The van der Waals surface area contributed by atoms with Crippen LogP contribution in [0.5, 0.6) is 0 Å². The molecule has 0 aliphatic rings. The van der Waals surface area contributed by atoms with Crippen LogP contribution in [0.2, 0.25) is 0 Å². The van der Waals surface area contributed by atoms with Gasteiger partial charge in [0.25, 0.3) is 0 Å². The Balaban J connectivity index is 2.34. The molecule has 1 aromatic heterocycles. The van der Waals surface area contributed by atoms with Crippen LogP contribution in [0.3, 0.4) is 0 Å². The van der Waals surface area contributed by atoms with E-state index in [1.165, 1.54) is 6.33 Å². The van der Waals surface area contributed by atoms with E-state index in [0.29, 0.717) is 11.4 Å². The number of hydrogen-bond acceptors (Lipinski definition) is 5. The highest BCUT2D eigenvalue weighted by Crippen LogP contribution is 2.22. The van der Waals surface area contributed by atoms with Gasteiger partial charge in [-0.15, -0.1) is 0 Å². The first-order chi connectivity index (χ1) is 9.31. The van der Waals surface area contributed by atoms with Gasteiger partial charge < -0.3 is 5.73 Å². The number of aromatic nitrogens is 3. The molecule has 1 heterocycles. The number of rotatable bonds is 4. The predicted molar refractivity (Wildman–Crippen MR) is 70.7 cm³/mol. The zero-order chi connectivity index (χ0) is 14.9. The molecule has 2 rings (SSSR count). The van der Waals surface area contributed by atoms with E-state index in [9.17, 15) is 12.8 Å². The first-order valence-electron chi connectivity index (χ1n) is 5.74. The van der Waals surface area contributed by atoms with Crippen LogP contribution in [0.4, 0.5) is 10.1 Å². The topological polar surface area (TPSA) is 114 Å². The van der Waals surface area contributed by atoms with Gasteiger partial charge in [0.2, 0.25) is 10.0 Å². The Morgan fingerprint density at radius 2 is 2.15 bits per heavy atom. The molecule has 4 N–H and O–H groups in total. The van der Waals surface area contributed by atoms with Gasteiger partial charge in [0.1, 0.15) is 22.9 Å². The molecule has 0 radical (unpaired) electrons. The van der Waals surface area contributed by atoms with Gasteiger partial charge >= 0.3 is 0 Å². The molecule has 1 aromatic carbocycles. The van der Waals surface area contributed by atoms with Crippen molar-refractivity contribution >= 4 is 15.7 Å². The fourth-order valence-electron chi connectivity index (χ4n) is 1.65. The quantitative estimate of drug-likeness (QED) is 0.725. The molecular weight excluding hydrogens is 285 g/mol. The van der Waals surface area contributed by atoms with Crippen molar-refractivity contribution in [3.05, 3.63) is 35.7 Å². The van der Waals surface area contributed by atoms with Crippen molar-refractivity contribution in [3.8, 4) is 0 Å². The van der Waals surface area contributed by atoms with Crippen molar-refractivity contribution in [3.63, 3.8) is 0 Å². The van der Waals surface area contributed by atoms with Crippen molar-refractivity contribution in [1.29, 1.82) is 0 Å². The third kappa shape index (κ3) is 2.78. The average Bonchev–Trinajstić information content (AvgIpc) is 2.86. The number of nitrogens with two attached hydrogens (primary N) is 1. The van der Waals surface area contributed by atoms with Gasteiger partial charge in [-0.25, -0.2) is 22.5 Å². The van der Waals surface area contributed by atoms with Gasteiger partial charge in [-0.2, -0.15) is 5.10 Å². The number of hydrogen-bond donors (Lipinski definition) is 3. The lowest BCUT2D eigenvalue weighted by Gasteiger charge is -2.13. The number of nitrogens with zero attached hydrogens (tertiary/aromatic N) is 2. The van der Waals surface area contributed by atoms with Gasteiger partial charge in [0, 0.05) is 5.69 Å². The SMILES string of the molecule is Cc1cc(F)c(S(=O)(=O)NC(C)c2ncn[nH]2)cc1N. The van der Waals surface area contributed by atoms with Crippen molar-refractivity contribution in [2.45, 2.75) is 24.8 Å². The molecule has 0 bridgehead atoms. The minimum atomic E-state index is -4.05. The number of aryl methyl sites for hydroxylation is 1. The zero-order valence-electron chi connectivity index (χ0n) is 10.9. The zero-order valence-corrected chi connectivity index (χ0v) is 11.7. The summed E-state index contributed by atoms with van der Waals surface area (Å²) in [7, 11) is -4.05.